The fraction of sp³-hybridized carbons (Fsp3) is 0.455. The number of unbranched alkanes of at least 4 members (excludes halogenated alkanes) is 4. The number of benzene rings is 2. The molecule has 0 aliphatic rings. The normalized spacial score (nSPS) is 10.8. The first kappa shape index (κ1) is 18.9. The molecular weight excluding hydrogens is 312 g/mol. The van der Waals surface area contributed by atoms with Crippen LogP contribution in [0.25, 0.3) is 0 Å². The van der Waals surface area contributed by atoms with Crippen molar-refractivity contribution in [2.24, 2.45) is 0 Å². The van der Waals surface area contributed by atoms with Crippen LogP contribution in [0.4, 0.5) is 0 Å². The lowest BCUT2D eigenvalue weighted by molar-refractivity contribution is 0.302. The van der Waals surface area contributed by atoms with Gasteiger partial charge in [-0.05, 0) is 68.1 Å². The van der Waals surface area contributed by atoms with Gasteiger partial charge in [0, 0.05) is 9.79 Å². The monoisotopic (exact) mass is 342 g/mol. The second kappa shape index (κ2) is 9.78. The summed E-state index contributed by atoms with van der Waals surface area (Å²) in [4.78, 5) is 2.53. The first-order valence-electron chi connectivity index (χ1n) is 9.08. The summed E-state index contributed by atoms with van der Waals surface area (Å²) in [6.07, 6.45) is 6.36. The van der Waals surface area contributed by atoms with Crippen molar-refractivity contribution in [1.82, 2.24) is 0 Å². The number of hydrogen-bond acceptors (Lipinski definition) is 2. The molecule has 0 saturated heterocycles. The van der Waals surface area contributed by atoms with Crippen LogP contribution in [0.1, 0.15) is 55.7 Å². The molecule has 0 atom stereocenters. The molecule has 0 fully saturated rings. The number of hydrogen-bond donors (Lipinski definition) is 0. The minimum Gasteiger partial charge on any atom is -0.493 e. The first-order chi connectivity index (χ1) is 11.6. The van der Waals surface area contributed by atoms with Crippen LogP contribution in [0.15, 0.2) is 46.2 Å². The molecule has 0 aromatic heterocycles. The van der Waals surface area contributed by atoms with E-state index in [4.69, 9.17) is 4.74 Å². The van der Waals surface area contributed by atoms with E-state index in [1.165, 1.54) is 52.2 Å². The van der Waals surface area contributed by atoms with Gasteiger partial charge in [0.05, 0.1) is 6.61 Å². The molecule has 2 aromatic rings. The van der Waals surface area contributed by atoms with Gasteiger partial charge in [0.1, 0.15) is 5.75 Å². The van der Waals surface area contributed by atoms with Gasteiger partial charge >= 0.3 is 0 Å². The van der Waals surface area contributed by atoms with Crippen molar-refractivity contribution in [3.63, 3.8) is 0 Å². The van der Waals surface area contributed by atoms with E-state index >= 15 is 0 Å². The summed E-state index contributed by atoms with van der Waals surface area (Å²) < 4.78 is 6.02. The third-order valence-corrected chi connectivity index (χ3v) is 5.36. The molecule has 2 heteroatoms. The van der Waals surface area contributed by atoms with Crippen molar-refractivity contribution in [3.05, 3.63) is 53.1 Å². The summed E-state index contributed by atoms with van der Waals surface area (Å²) >= 11 is 1.80. The minimum atomic E-state index is 0.822. The predicted octanol–water partition coefficient (Wildman–Crippen LogP) is 7.11. The number of rotatable bonds is 9. The molecule has 2 rings (SSSR count). The number of aryl methyl sites for hydroxylation is 3. The Labute approximate surface area is 151 Å². The first-order valence-corrected chi connectivity index (χ1v) is 9.90. The molecule has 130 valence electrons. The SMILES string of the molecule is CCCCCCCOc1cc(Sc2ccc(C)c(C)c2)ccc1C. The van der Waals surface area contributed by atoms with Crippen LogP contribution in [0.3, 0.4) is 0 Å². The van der Waals surface area contributed by atoms with Crippen LogP contribution >= 0.6 is 11.8 Å². The molecule has 0 bridgehead atoms. The predicted molar refractivity (Wildman–Crippen MR) is 105 cm³/mol. The van der Waals surface area contributed by atoms with Gasteiger partial charge in [-0.3, -0.25) is 0 Å². The lowest BCUT2D eigenvalue weighted by atomic mass is 10.1. The molecular formula is C22H30OS. The maximum atomic E-state index is 6.02. The van der Waals surface area contributed by atoms with E-state index in [2.05, 4.69) is 64.1 Å². The summed E-state index contributed by atoms with van der Waals surface area (Å²) in [5.41, 5.74) is 3.90. The van der Waals surface area contributed by atoms with Gasteiger partial charge in [-0.25, -0.2) is 0 Å². The van der Waals surface area contributed by atoms with Gasteiger partial charge in [-0.15, -0.1) is 0 Å². The third kappa shape index (κ3) is 5.90. The second-order valence-corrected chi connectivity index (χ2v) is 7.69. The van der Waals surface area contributed by atoms with Gasteiger partial charge in [0.2, 0.25) is 0 Å². The van der Waals surface area contributed by atoms with Crippen molar-refractivity contribution >= 4 is 11.8 Å². The highest BCUT2D eigenvalue weighted by Crippen LogP contribution is 2.32. The Hall–Kier alpha value is -1.41. The van der Waals surface area contributed by atoms with Crippen LogP contribution in [-0.4, -0.2) is 6.61 Å². The van der Waals surface area contributed by atoms with Crippen molar-refractivity contribution in [2.75, 3.05) is 6.61 Å². The maximum Gasteiger partial charge on any atom is 0.123 e. The molecule has 0 amide bonds. The van der Waals surface area contributed by atoms with Crippen LogP contribution in [0.2, 0.25) is 0 Å². The zero-order valence-corrected chi connectivity index (χ0v) is 16.3. The maximum absolute atomic E-state index is 6.02. The summed E-state index contributed by atoms with van der Waals surface area (Å²) in [5, 5.41) is 0. The molecule has 2 aromatic carbocycles. The Kier molecular flexibility index (Phi) is 7.71. The Morgan fingerprint density at radius 2 is 1.42 bits per heavy atom. The molecule has 0 unspecified atom stereocenters. The van der Waals surface area contributed by atoms with Gasteiger partial charge < -0.3 is 4.74 Å². The minimum absolute atomic E-state index is 0.822. The highest BCUT2D eigenvalue weighted by molar-refractivity contribution is 7.99. The van der Waals surface area contributed by atoms with Gasteiger partial charge in [0.15, 0.2) is 0 Å². The molecule has 1 nitrogen and oxygen atoms in total. The molecule has 0 heterocycles. The topological polar surface area (TPSA) is 9.23 Å². The van der Waals surface area contributed by atoms with Gasteiger partial charge in [-0.2, -0.15) is 0 Å². The van der Waals surface area contributed by atoms with E-state index in [1.807, 2.05) is 0 Å². The standard InChI is InChI=1S/C22H30OS/c1-5-6-7-8-9-14-23-22-16-21(13-11-18(22)3)24-20-12-10-17(2)19(4)15-20/h10-13,15-16H,5-9,14H2,1-4H3. The molecule has 0 aliphatic carbocycles. The van der Waals surface area contributed by atoms with Crippen LogP contribution < -0.4 is 4.74 Å². The van der Waals surface area contributed by atoms with Gasteiger partial charge in [-0.1, -0.05) is 56.5 Å². The fourth-order valence-electron chi connectivity index (χ4n) is 2.60. The van der Waals surface area contributed by atoms with E-state index in [-0.39, 0.29) is 0 Å². The average Bonchev–Trinajstić information content (AvgIpc) is 2.57. The van der Waals surface area contributed by atoms with Crippen LogP contribution in [-0.2, 0) is 0 Å². The Balaban J connectivity index is 1.93. The van der Waals surface area contributed by atoms with Crippen molar-refractivity contribution in [2.45, 2.75) is 69.6 Å². The molecule has 0 radical (unpaired) electrons. The van der Waals surface area contributed by atoms with Crippen molar-refractivity contribution < 1.29 is 4.74 Å². The highest BCUT2D eigenvalue weighted by Gasteiger charge is 2.05. The summed E-state index contributed by atoms with van der Waals surface area (Å²) in [6, 6.07) is 13.2. The summed E-state index contributed by atoms with van der Waals surface area (Å²) in [5.74, 6) is 1.03. The van der Waals surface area contributed by atoms with Crippen molar-refractivity contribution in [1.29, 1.82) is 0 Å². The smallest absolute Gasteiger partial charge is 0.123 e. The molecule has 0 aliphatic heterocycles. The van der Waals surface area contributed by atoms with Crippen LogP contribution in [0, 0.1) is 20.8 Å². The van der Waals surface area contributed by atoms with Gasteiger partial charge in [0.25, 0.3) is 0 Å². The Morgan fingerprint density at radius 3 is 2.12 bits per heavy atom. The zero-order valence-electron chi connectivity index (χ0n) is 15.5. The molecule has 0 spiro atoms. The van der Waals surface area contributed by atoms with E-state index < -0.39 is 0 Å². The van der Waals surface area contributed by atoms with E-state index in [0.29, 0.717) is 0 Å². The van der Waals surface area contributed by atoms with Crippen molar-refractivity contribution in [3.8, 4) is 5.75 Å². The highest BCUT2D eigenvalue weighted by atomic mass is 32.2. The summed E-state index contributed by atoms with van der Waals surface area (Å²) in [6.45, 7) is 9.52. The fourth-order valence-corrected chi connectivity index (χ4v) is 3.55. The van der Waals surface area contributed by atoms with Crippen LogP contribution in [0.5, 0.6) is 5.75 Å². The van der Waals surface area contributed by atoms with E-state index in [0.717, 1.165) is 18.8 Å². The lowest BCUT2D eigenvalue weighted by Gasteiger charge is -2.11. The third-order valence-electron chi connectivity index (χ3n) is 4.38. The Bertz CT molecular complexity index is 648. The second-order valence-electron chi connectivity index (χ2n) is 6.54. The lowest BCUT2D eigenvalue weighted by Crippen LogP contribution is -1.99. The van der Waals surface area contributed by atoms with E-state index in [9.17, 15) is 0 Å². The quantitative estimate of drug-likeness (QED) is 0.449. The summed E-state index contributed by atoms with van der Waals surface area (Å²) in [7, 11) is 0. The molecule has 0 N–H and O–H groups in total. The molecule has 24 heavy (non-hydrogen) atoms. The zero-order chi connectivity index (χ0) is 17.4. The number of ether oxygens (including phenoxy) is 1. The Morgan fingerprint density at radius 1 is 0.750 bits per heavy atom. The molecule has 0 saturated carbocycles. The average molecular weight is 343 g/mol. The van der Waals surface area contributed by atoms with E-state index in [1.54, 1.807) is 11.8 Å². The largest absolute Gasteiger partial charge is 0.493 e.